The van der Waals surface area contributed by atoms with Gasteiger partial charge in [-0.3, -0.25) is 0 Å². The van der Waals surface area contributed by atoms with Gasteiger partial charge in [0.15, 0.2) is 11.5 Å². The van der Waals surface area contributed by atoms with Crippen LogP contribution < -0.4 is 29.9 Å². The van der Waals surface area contributed by atoms with Gasteiger partial charge < -0.3 is 14.4 Å². The van der Waals surface area contributed by atoms with Crippen molar-refractivity contribution in [2.24, 2.45) is 0 Å². The molecule has 1 unspecified atom stereocenters. The van der Waals surface area contributed by atoms with Crippen molar-refractivity contribution in [1.29, 1.82) is 0 Å². The van der Waals surface area contributed by atoms with Gasteiger partial charge in [-0.15, -0.1) is 0 Å². The van der Waals surface area contributed by atoms with Crippen LogP contribution in [0.4, 0.5) is 17.1 Å². The lowest BCUT2D eigenvalue weighted by Crippen LogP contribution is -2.62. The molecule has 1 spiro atoms. The SMILES string of the molecule is c1ccc([SiH]2c3ccccc3C3(c4ccccc4Oc4ccccc43)c3cc(-c4ccc(N5c6ccccc6Oc6ccccc65)cc4)ccc32)cc1. The number of nitrogens with zero attached hydrogens (tertiary/aromatic N) is 1. The lowest BCUT2D eigenvalue weighted by atomic mass is 9.63. The van der Waals surface area contributed by atoms with Gasteiger partial charge in [-0.25, -0.2) is 0 Å². The van der Waals surface area contributed by atoms with Crippen LogP contribution in [-0.4, -0.2) is 8.80 Å². The number of anilines is 3. The molecule has 0 aromatic heterocycles. The highest BCUT2D eigenvalue weighted by molar-refractivity contribution is 6.96. The number of benzene rings is 8. The van der Waals surface area contributed by atoms with Crippen LogP contribution in [0, 0.1) is 0 Å². The summed E-state index contributed by atoms with van der Waals surface area (Å²) < 4.78 is 13.0. The number of hydrogen-bond donors (Lipinski definition) is 0. The lowest BCUT2D eigenvalue weighted by molar-refractivity contribution is 0.435. The van der Waals surface area contributed by atoms with Gasteiger partial charge in [-0.2, -0.15) is 0 Å². The maximum Gasteiger partial charge on any atom is 0.151 e. The smallest absolute Gasteiger partial charge is 0.151 e. The topological polar surface area (TPSA) is 21.7 Å². The van der Waals surface area contributed by atoms with E-state index in [0.29, 0.717) is 0 Å². The predicted molar refractivity (Wildman–Crippen MR) is 218 cm³/mol. The molecular weight excluding hydrogens is 663 g/mol. The lowest BCUT2D eigenvalue weighted by Gasteiger charge is -2.47. The second kappa shape index (κ2) is 11.7. The van der Waals surface area contributed by atoms with Crippen LogP contribution in [0.25, 0.3) is 11.1 Å². The van der Waals surface area contributed by atoms with E-state index in [-0.39, 0.29) is 0 Å². The average Bonchev–Trinajstić information content (AvgIpc) is 3.23. The zero-order valence-corrected chi connectivity index (χ0v) is 30.0. The highest BCUT2D eigenvalue weighted by Gasteiger charge is 2.51. The second-order valence-corrected chi connectivity index (χ2v) is 16.8. The summed E-state index contributed by atoms with van der Waals surface area (Å²) in [5.41, 5.74) is 10.0. The van der Waals surface area contributed by atoms with E-state index in [4.69, 9.17) is 9.47 Å². The molecule has 0 fully saturated rings. The van der Waals surface area contributed by atoms with Crippen molar-refractivity contribution >= 4 is 41.4 Å². The molecule has 4 heteroatoms. The first kappa shape index (κ1) is 30.0. The molecule has 0 aliphatic carbocycles. The number of hydrogen-bond acceptors (Lipinski definition) is 3. The van der Waals surface area contributed by atoms with E-state index in [2.05, 4.69) is 175 Å². The van der Waals surface area contributed by atoms with Gasteiger partial charge in [0.25, 0.3) is 0 Å². The second-order valence-electron chi connectivity index (χ2n) is 14.0. The summed E-state index contributed by atoms with van der Waals surface area (Å²) >= 11 is 0. The molecule has 0 amide bonds. The minimum atomic E-state index is -1.87. The van der Waals surface area contributed by atoms with Crippen molar-refractivity contribution in [3.63, 3.8) is 0 Å². The molecule has 0 saturated heterocycles. The van der Waals surface area contributed by atoms with Gasteiger partial charge in [-0.1, -0.05) is 145 Å². The van der Waals surface area contributed by atoms with Crippen LogP contribution in [0.5, 0.6) is 23.0 Å². The van der Waals surface area contributed by atoms with Crippen LogP contribution in [0.1, 0.15) is 22.3 Å². The molecule has 3 aliphatic rings. The van der Waals surface area contributed by atoms with E-state index in [1.807, 2.05) is 24.3 Å². The molecule has 8 aromatic carbocycles. The first-order valence-electron chi connectivity index (χ1n) is 18.2. The van der Waals surface area contributed by atoms with Crippen molar-refractivity contribution in [2.45, 2.75) is 5.41 Å². The van der Waals surface area contributed by atoms with E-state index >= 15 is 0 Å². The summed E-state index contributed by atoms with van der Waals surface area (Å²) in [4.78, 5) is 2.29. The van der Waals surface area contributed by atoms with Crippen LogP contribution >= 0.6 is 0 Å². The predicted octanol–water partition coefficient (Wildman–Crippen LogP) is 9.98. The average molecular weight is 696 g/mol. The van der Waals surface area contributed by atoms with Crippen LogP contribution in [0.15, 0.2) is 194 Å². The molecule has 8 aromatic rings. The Bertz CT molecular complexity index is 2610. The molecule has 11 rings (SSSR count). The van der Waals surface area contributed by atoms with E-state index in [9.17, 15) is 0 Å². The number of rotatable bonds is 3. The Morgan fingerprint density at radius 1 is 0.377 bits per heavy atom. The fourth-order valence-corrected chi connectivity index (χ4v) is 12.6. The zero-order chi connectivity index (χ0) is 34.9. The molecule has 3 heterocycles. The summed E-state index contributed by atoms with van der Waals surface area (Å²) in [6.45, 7) is 0. The third kappa shape index (κ3) is 4.40. The summed E-state index contributed by atoms with van der Waals surface area (Å²) in [6, 6.07) is 70.4. The largest absolute Gasteiger partial charge is 0.457 e. The minimum absolute atomic E-state index is 0.549. The fourth-order valence-electron chi connectivity index (χ4n) is 9.08. The normalized spacial score (nSPS) is 15.4. The van der Waals surface area contributed by atoms with E-state index in [1.165, 1.54) is 48.9 Å². The first-order valence-corrected chi connectivity index (χ1v) is 19.9. The summed E-state index contributed by atoms with van der Waals surface area (Å²) in [7, 11) is -1.87. The third-order valence-electron chi connectivity index (χ3n) is 11.3. The Balaban J connectivity index is 1.13. The van der Waals surface area contributed by atoms with Crippen LogP contribution in [0.3, 0.4) is 0 Å². The summed E-state index contributed by atoms with van der Waals surface area (Å²) in [6.07, 6.45) is 0. The van der Waals surface area contributed by atoms with Crippen molar-refractivity contribution in [2.75, 3.05) is 4.90 Å². The van der Waals surface area contributed by atoms with Gasteiger partial charge in [-0.05, 0) is 87.2 Å². The molecule has 53 heavy (non-hydrogen) atoms. The van der Waals surface area contributed by atoms with Crippen molar-refractivity contribution < 1.29 is 9.47 Å². The third-order valence-corrected chi connectivity index (χ3v) is 14.6. The Labute approximate surface area is 310 Å². The summed E-state index contributed by atoms with van der Waals surface area (Å²) in [5.74, 6) is 3.52. The minimum Gasteiger partial charge on any atom is -0.457 e. The summed E-state index contributed by atoms with van der Waals surface area (Å²) in [5, 5.41) is 4.33. The Kier molecular flexibility index (Phi) is 6.64. The molecule has 3 aliphatic heterocycles. The maximum absolute atomic E-state index is 6.68. The Morgan fingerprint density at radius 2 is 0.868 bits per heavy atom. The molecule has 1 atom stereocenters. The molecule has 0 saturated carbocycles. The van der Waals surface area contributed by atoms with Crippen molar-refractivity contribution in [1.82, 2.24) is 0 Å². The number of para-hydroxylation sites is 6. The van der Waals surface area contributed by atoms with Gasteiger partial charge in [0.05, 0.1) is 16.8 Å². The van der Waals surface area contributed by atoms with Crippen molar-refractivity contribution in [3.8, 4) is 34.1 Å². The molecule has 0 radical (unpaired) electrons. The van der Waals surface area contributed by atoms with Crippen LogP contribution in [0.2, 0.25) is 0 Å². The molecule has 3 nitrogen and oxygen atoms in total. The molecule has 250 valence electrons. The van der Waals surface area contributed by atoms with Gasteiger partial charge in [0.1, 0.15) is 20.3 Å². The standard InChI is InChI=1S/C49H33NO2Si/c1-2-14-36(15-3-1)53-47-25-13-6-18-39(47)49(37-16-4-9-21-43(37)51-44-22-10-5-17-38(44)49)40-32-34(28-31-48(40)53)33-26-29-35(30-27-33)50-41-19-7-11-23-45(41)52-46-24-12-8-20-42(46)50/h1-32,53H. The monoisotopic (exact) mass is 695 g/mol. The molecule has 0 N–H and O–H groups in total. The zero-order valence-electron chi connectivity index (χ0n) is 28.8. The van der Waals surface area contributed by atoms with E-state index in [1.54, 1.807) is 0 Å². The quantitative estimate of drug-likeness (QED) is 0.172. The van der Waals surface area contributed by atoms with Gasteiger partial charge >= 0.3 is 0 Å². The molecular formula is C49H33NO2Si. The number of ether oxygens (including phenoxy) is 2. The van der Waals surface area contributed by atoms with Crippen LogP contribution in [-0.2, 0) is 5.41 Å². The van der Waals surface area contributed by atoms with Crippen molar-refractivity contribution in [3.05, 3.63) is 216 Å². The Morgan fingerprint density at radius 3 is 1.53 bits per heavy atom. The van der Waals surface area contributed by atoms with Gasteiger partial charge in [0.2, 0.25) is 0 Å². The fraction of sp³-hybridized carbons (Fsp3) is 0.0204. The first-order chi connectivity index (χ1) is 26.3. The maximum atomic E-state index is 6.68. The van der Waals surface area contributed by atoms with E-state index < -0.39 is 14.2 Å². The highest BCUT2D eigenvalue weighted by Crippen LogP contribution is 2.56. The highest BCUT2D eigenvalue weighted by atomic mass is 28.3. The number of fused-ring (bicyclic) bond motifs is 10. The molecule has 0 bridgehead atoms. The van der Waals surface area contributed by atoms with E-state index in [0.717, 1.165) is 40.1 Å². The van der Waals surface area contributed by atoms with Gasteiger partial charge in [0, 0.05) is 16.8 Å². The Hall–Kier alpha value is -6.62.